The van der Waals surface area contributed by atoms with Crippen molar-refractivity contribution in [1.29, 1.82) is 0 Å². The topological polar surface area (TPSA) is 44.6 Å². The Hall–Kier alpha value is -1.65. The summed E-state index contributed by atoms with van der Waals surface area (Å²) in [6.45, 7) is 0.900. The molecule has 1 aromatic carbocycles. The van der Waals surface area contributed by atoms with Crippen LogP contribution in [0.25, 0.3) is 0 Å². The molecule has 1 aliphatic heterocycles. The number of hydrogen-bond acceptors (Lipinski definition) is 3. The van der Waals surface area contributed by atoms with Gasteiger partial charge in [-0.05, 0) is 23.8 Å². The molecule has 0 unspecified atom stereocenters. The first kappa shape index (κ1) is 12.4. The van der Waals surface area contributed by atoms with Crippen molar-refractivity contribution >= 4 is 29.0 Å². The van der Waals surface area contributed by atoms with E-state index in [1.807, 2.05) is 18.2 Å². The number of rotatable bonds is 3. The molecule has 6 heteroatoms. The summed E-state index contributed by atoms with van der Waals surface area (Å²) in [7, 11) is 0. The molecule has 0 atom stereocenters. The summed E-state index contributed by atoms with van der Waals surface area (Å²) >= 11 is 11.9. The number of hydrogen-bond donors (Lipinski definition) is 1. The third-order valence-electron chi connectivity index (χ3n) is 2.76. The summed E-state index contributed by atoms with van der Waals surface area (Å²) in [5.41, 5.74) is 1.07. The van der Waals surface area contributed by atoms with Gasteiger partial charge in [-0.25, -0.2) is 4.98 Å². The van der Waals surface area contributed by atoms with Gasteiger partial charge in [0, 0.05) is 0 Å². The van der Waals surface area contributed by atoms with Crippen LogP contribution < -0.4 is 19.8 Å². The first-order valence-corrected chi connectivity index (χ1v) is 6.47. The predicted molar refractivity (Wildman–Crippen MR) is 72.9 cm³/mol. The van der Waals surface area contributed by atoms with E-state index in [9.17, 15) is 0 Å². The molecule has 1 aromatic heterocycles. The predicted octanol–water partition coefficient (Wildman–Crippen LogP) is 3.15. The monoisotopic (exact) mass is 297 g/mol. The Kier molecular flexibility index (Phi) is 3.36. The molecule has 0 amide bonds. The molecule has 0 aliphatic carbocycles. The Morgan fingerprint density at radius 2 is 2.00 bits per heavy atom. The zero-order valence-electron chi connectivity index (χ0n) is 9.87. The lowest BCUT2D eigenvalue weighted by molar-refractivity contribution is -0.361. The Balaban J connectivity index is 1.72. The van der Waals surface area contributed by atoms with E-state index in [0.29, 0.717) is 16.6 Å². The number of halogens is 2. The van der Waals surface area contributed by atoms with E-state index in [-0.39, 0.29) is 6.79 Å². The van der Waals surface area contributed by atoms with E-state index in [4.69, 9.17) is 32.7 Å². The molecule has 0 spiro atoms. The van der Waals surface area contributed by atoms with Gasteiger partial charge in [0.2, 0.25) is 6.79 Å². The number of pyridine rings is 1. The highest BCUT2D eigenvalue weighted by molar-refractivity contribution is 6.35. The highest BCUT2D eigenvalue weighted by Crippen LogP contribution is 2.32. The first-order chi connectivity index (χ1) is 9.22. The second kappa shape index (κ2) is 5.15. The summed E-state index contributed by atoms with van der Waals surface area (Å²) in [4.78, 5) is 3.00. The number of nitrogens with one attached hydrogen (secondary N) is 2. The summed E-state index contributed by atoms with van der Waals surface area (Å²) < 4.78 is 10.6. The van der Waals surface area contributed by atoms with Gasteiger partial charge in [0.15, 0.2) is 11.5 Å². The van der Waals surface area contributed by atoms with Crippen LogP contribution in [-0.2, 0) is 6.54 Å². The van der Waals surface area contributed by atoms with Gasteiger partial charge in [0.25, 0.3) is 5.82 Å². The van der Waals surface area contributed by atoms with Crippen molar-refractivity contribution in [3.63, 3.8) is 0 Å². The fourth-order valence-electron chi connectivity index (χ4n) is 1.82. The minimum Gasteiger partial charge on any atom is -0.454 e. The van der Waals surface area contributed by atoms with Crippen LogP contribution in [0.1, 0.15) is 5.56 Å². The SMILES string of the molecule is Clc1c[nH+]c(NCc2ccc3c(c2)OCO3)c(Cl)c1. The Morgan fingerprint density at radius 3 is 2.84 bits per heavy atom. The average molecular weight is 298 g/mol. The molecule has 2 heterocycles. The van der Waals surface area contributed by atoms with Gasteiger partial charge in [-0.3, -0.25) is 5.32 Å². The van der Waals surface area contributed by atoms with E-state index in [0.717, 1.165) is 22.9 Å². The highest BCUT2D eigenvalue weighted by Gasteiger charge is 2.14. The molecule has 0 bridgehead atoms. The minimum absolute atomic E-state index is 0.281. The van der Waals surface area contributed by atoms with Crippen LogP contribution in [0.5, 0.6) is 11.5 Å². The molecule has 19 heavy (non-hydrogen) atoms. The highest BCUT2D eigenvalue weighted by atomic mass is 35.5. The summed E-state index contributed by atoms with van der Waals surface area (Å²) in [5.74, 6) is 2.27. The number of aromatic amines is 1. The van der Waals surface area contributed by atoms with E-state index >= 15 is 0 Å². The quantitative estimate of drug-likeness (QED) is 0.946. The molecule has 3 rings (SSSR count). The number of aromatic nitrogens is 1. The second-order valence-corrected chi connectivity index (χ2v) is 4.93. The van der Waals surface area contributed by atoms with Gasteiger partial charge < -0.3 is 9.47 Å². The number of H-pyrrole nitrogens is 1. The maximum atomic E-state index is 6.07. The van der Waals surface area contributed by atoms with Crippen LogP contribution in [-0.4, -0.2) is 6.79 Å². The summed E-state index contributed by atoms with van der Waals surface area (Å²) in [6.07, 6.45) is 1.68. The fourth-order valence-corrected chi connectivity index (χ4v) is 2.28. The lowest BCUT2D eigenvalue weighted by Gasteiger charge is -2.03. The van der Waals surface area contributed by atoms with E-state index in [1.165, 1.54) is 0 Å². The maximum Gasteiger partial charge on any atom is 0.291 e. The number of ether oxygens (including phenoxy) is 2. The van der Waals surface area contributed by atoms with Crippen LogP contribution in [0.2, 0.25) is 10.0 Å². The molecule has 0 saturated carbocycles. The molecule has 0 fully saturated rings. The van der Waals surface area contributed by atoms with Crippen LogP contribution in [0.3, 0.4) is 0 Å². The molecular weight excluding hydrogens is 287 g/mol. The van der Waals surface area contributed by atoms with Crippen LogP contribution in [0, 0.1) is 0 Å². The summed E-state index contributed by atoms with van der Waals surface area (Å²) in [5, 5.41) is 4.32. The standard InChI is InChI=1S/C13H10Cl2N2O2/c14-9-4-10(15)13(17-6-9)16-5-8-1-2-11-12(3-8)19-7-18-11/h1-4,6H,5,7H2,(H,16,17)/p+1. The molecule has 0 radical (unpaired) electrons. The molecule has 2 aromatic rings. The Morgan fingerprint density at radius 1 is 1.16 bits per heavy atom. The van der Waals surface area contributed by atoms with Crippen molar-refractivity contribution in [2.75, 3.05) is 12.1 Å². The second-order valence-electron chi connectivity index (χ2n) is 4.08. The van der Waals surface area contributed by atoms with Gasteiger partial charge in [-0.1, -0.05) is 29.3 Å². The van der Waals surface area contributed by atoms with Gasteiger partial charge in [0.05, 0.1) is 5.02 Å². The summed E-state index contributed by atoms with van der Waals surface area (Å²) in [6, 6.07) is 7.50. The molecular formula is C13H11Cl2N2O2+. The zero-order valence-corrected chi connectivity index (χ0v) is 11.4. The van der Waals surface area contributed by atoms with Gasteiger partial charge in [-0.2, -0.15) is 0 Å². The zero-order chi connectivity index (χ0) is 13.2. The molecule has 98 valence electrons. The van der Waals surface area contributed by atoms with Crippen molar-refractivity contribution in [2.45, 2.75) is 6.54 Å². The minimum atomic E-state index is 0.281. The first-order valence-electron chi connectivity index (χ1n) is 5.71. The smallest absolute Gasteiger partial charge is 0.291 e. The lowest BCUT2D eigenvalue weighted by atomic mass is 10.2. The van der Waals surface area contributed by atoms with Gasteiger partial charge >= 0.3 is 0 Å². The van der Waals surface area contributed by atoms with Gasteiger partial charge in [-0.15, -0.1) is 0 Å². The van der Waals surface area contributed by atoms with E-state index in [2.05, 4.69) is 10.3 Å². The third kappa shape index (κ3) is 2.69. The largest absolute Gasteiger partial charge is 0.454 e. The van der Waals surface area contributed by atoms with Gasteiger partial charge in [0.1, 0.15) is 17.8 Å². The maximum absolute atomic E-state index is 6.07. The van der Waals surface area contributed by atoms with Crippen LogP contribution in [0.15, 0.2) is 30.5 Å². The molecule has 0 saturated heterocycles. The Labute approximate surface area is 120 Å². The van der Waals surface area contributed by atoms with Crippen molar-refractivity contribution in [1.82, 2.24) is 0 Å². The number of fused-ring (bicyclic) bond motifs is 1. The average Bonchev–Trinajstić information content (AvgIpc) is 2.85. The normalized spacial score (nSPS) is 12.5. The molecule has 4 nitrogen and oxygen atoms in total. The fraction of sp³-hybridized carbons (Fsp3) is 0.154. The van der Waals surface area contributed by atoms with Crippen molar-refractivity contribution in [3.05, 3.63) is 46.1 Å². The van der Waals surface area contributed by atoms with E-state index in [1.54, 1.807) is 12.3 Å². The number of benzene rings is 1. The molecule has 2 N–H and O–H groups in total. The van der Waals surface area contributed by atoms with Crippen molar-refractivity contribution in [3.8, 4) is 11.5 Å². The van der Waals surface area contributed by atoms with Crippen LogP contribution in [0.4, 0.5) is 5.82 Å². The van der Waals surface area contributed by atoms with E-state index < -0.39 is 0 Å². The van der Waals surface area contributed by atoms with Crippen molar-refractivity contribution < 1.29 is 14.5 Å². The molecule has 1 aliphatic rings. The Bertz CT molecular complexity index is 620. The van der Waals surface area contributed by atoms with Crippen LogP contribution >= 0.6 is 23.2 Å². The lowest BCUT2D eigenvalue weighted by Crippen LogP contribution is -2.13. The van der Waals surface area contributed by atoms with Crippen molar-refractivity contribution in [2.24, 2.45) is 0 Å². The third-order valence-corrected chi connectivity index (χ3v) is 3.28. The number of anilines is 1.